The number of carboxylic acids is 1. The van der Waals surface area contributed by atoms with Crippen molar-refractivity contribution < 1.29 is 18.7 Å². The first kappa shape index (κ1) is 8.38. The van der Waals surface area contributed by atoms with Crippen LogP contribution in [0.4, 0.5) is 8.78 Å². The van der Waals surface area contributed by atoms with Crippen LogP contribution in [0.5, 0.6) is 0 Å². The largest absolute Gasteiger partial charge is 0.478 e. The second kappa shape index (κ2) is 2.18. The van der Waals surface area contributed by atoms with E-state index in [2.05, 4.69) is 0 Å². The Balaban J connectivity index is 1.75. The van der Waals surface area contributed by atoms with Gasteiger partial charge in [0, 0.05) is 17.9 Å². The lowest BCUT2D eigenvalue weighted by atomic mass is 9.68. The van der Waals surface area contributed by atoms with Gasteiger partial charge < -0.3 is 5.11 Å². The number of hydrogen-bond acceptors (Lipinski definition) is 1. The predicted molar refractivity (Wildman–Crippen MR) is 43.9 cm³/mol. The SMILES string of the molecule is O=C(O)C=C1C[C@H]2C3C(C[C@@H]12)C3(F)F. The molecule has 3 fully saturated rings. The average Bonchev–Trinajstić information content (AvgIpc) is 2.42. The predicted octanol–water partition coefficient (Wildman–Crippen LogP) is 1.92. The summed E-state index contributed by atoms with van der Waals surface area (Å²) in [5.41, 5.74) is 0.866. The van der Waals surface area contributed by atoms with E-state index >= 15 is 0 Å². The van der Waals surface area contributed by atoms with E-state index in [1.165, 1.54) is 6.08 Å². The molecule has 3 aliphatic carbocycles. The highest BCUT2D eigenvalue weighted by Gasteiger charge is 2.77. The monoisotopic (exact) mass is 200 g/mol. The molecule has 0 amide bonds. The van der Waals surface area contributed by atoms with Crippen LogP contribution in [0.15, 0.2) is 11.6 Å². The average molecular weight is 200 g/mol. The maximum Gasteiger partial charge on any atom is 0.328 e. The zero-order chi connectivity index (χ0) is 10.1. The van der Waals surface area contributed by atoms with Crippen molar-refractivity contribution in [2.75, 3.05) is 0 Å². The van der Waals surface area contributed by atoms with E-state index in [4.69, 9.17) is 5.11 Å². The molecule has 0 heterocycles. The third-order valence-electron chi connectivity index (χ3n) is 4.01. The summed E-state index contributed by atoms with van der Waals surface area (Å²) in [6, 6.07) is 0. The van der Waals surface area contributed by atoms with Crippen molar-refractivity contribution in [3.8, 4) is 0 Å². The lowest BCUT2D eigenvalue weighted by Gasteiger charge is -2.37. The van der Waals surface area contributed by atoms with E-state index in [0.29, 0.717) is 12.8 Å². The molecule has 4 heteroatoms. The van der Waals surface area contributed by atoms with Gasteiger partial charge in [-0.05, 0) is 24.7 Å². The van der Waals surface area contributed by atoms with Crippen LogP contribution in [0.1, 0.15) is 12.8 Å². The zero-order valence-electron chi connectivity index (χ0n) is 7.41. The van der Waals surface area contributed by atoms with Gasteiger partial charge in [0.05, 0.1) is 0 Å². The van der Waals surface area contributed by atoms with Gasteiger partial charge in [-0.2, -0.15) is 0 Å². The molecule has 0 aromatic rings. The van der Waals surface area contributed by atoms with Gasteiger partial charge in [0.25, 0.3) is 5.92 Å². The first-order valence-corrected chi connectivity index (χ1v) is 4.83. The highest BCUT2D eigenvalue weighted by Crippen LogP contribution is 2.74. The van der Waals surface area contributed by atoms with Crippen LogP contribution >= 0.6 is 0 Å². The molecule has 0 aliphatic heterocycles. The number of fused-ring (bicyclic) bond motifs is 3. The Labute approximate surface area is 79.6 Å². The third-order valence-corrected chi connectivity index (χ3v) is 4.01. The van der Waals surface area contributed by atoms with Gasteiger partial charge in [0.2, 0.25) is 0 Å². The number of halogens is 2. The van der Waals surface area contributed by atoms with Gasteiger partial charge in [-0.3, -0.25) is 0 Å². The zero-order valence-corrected chi connectivity index (χ0v) is 7.41. The molecule has 2 unspecified atom stereocenters. The van der Waals surface area contributed by atoms with Crippen molar-refractivity contribution in [1.29, 1.82) is 0 Å². The van der Waals surface area contributed by atoms with Crippen LogP contribution in [0.3, 0.4) is 0 Å². The van der Waals surface area contributed by atoms with E-state index in [0.717, 1.165) is 5.57 Å². The molecule has 0 aromatic carbocycles. The molecule has 3 rings (SSSR count). The van der Waals surface area contributed by atoms with E-state index in [1.54, 1.807) is 0 Å². The smallest absolute Gasteiger partial charge is 0.328 e. The lowest BCUT2D eigenvalue weighted by Crippen LogP contribution is -2.31. The van der Waals surface area contributed by atoms with Crippen molar-refractivity contribution in [3.63, 3.8) is 0 Å². The minimum Gasteiger partial charge on any atom is -0.478 e. The Morgan fingerprint density at radius 3 is 2.86 bits per heavy atom. The van der Waals surface area contributed by atoms with E-state index in [1.807, 2.05) is 0 Å². The summed E-state index contributed by atoms with van der Waals surface area (Å²) in [5, 5.41) is 8.52. The molecule has 1 N–H and O–H groups in total. The van der Waals surface area contributed by atoms with E-state index in [9.17, 15) is 13.6 Å². The van der Waals surface area contributed by atoms with Crippen LogP contribution in [0.25, 0.3) is 0 Å². The van der Waals surface area contributed by atoms with Crippen LogP contribution < -0.4 is 0 Å². The molecule has 3 saturated carbocycles. The maximum absolute atomic E-state index is 13.0. The molecule has 2 nitrogen and oxygen atoms in total. The van der Waals surface area contributed by atoms with Gasteiger partial charge in [0.1, 0.15) is 0 Å². The Kier molecular flexibility index (Phi) is 1.30. The van der Waals surface area contributed by atoms with Gasteiger partial charge in [-0.25, -0.2) is 13.6 Å². The van der Waals surface area contributed by atoms with Crippen LogP contribution in [-0.4, -0.2) is 17.0 Å². The fourth-order valence-electron chi connectivity index (χ4n) is 3.29. The minimum atomic E-state index is -2.43. The Morgan fingerprint density at radius 2 is 2.29 bits per heavy atom. The lowest BCUT2D eigenvalue weighted by molar-refractivity contribution is -0.131. The fourth-order valence-corrected chi connectivity index (χ4v) is 3.29. The summed E-state index contributed by atoms with van der Waals surface area (Å²) in [7, 11) is 0. The second-order valence-electron chi connectivity index (χ2n) is 4.57. The maximum atomic E-state index is 13.0. The van der Waals surface area contributed by atoms with Crippen LogP contribution in [0, 0.1) is 23.7 Å². The first-order valence-electron chi connectivity index (χ1n) is 4.83. The number of alkyl halides is 2. The molecule has 3 aliphatic rings. The number of aliphatic carboxylic acids is 1. The summed E-state index contributed by atoms with van der Waals surface area (Å²) >= 11 is 0. The summed E-state index contributed by atoms with van der Waals surface area (Å²) in [4.78, 5) is 10.4. The number of hydrogen-bond donors (Lipinski definition) is 1. The molecule has 0 aromatic heterocycles. The number of carbonyl (C=O) groups is 1. The molecule has 0 radical (unpaired) electrons. The minimum absolute atomic E-state index is 0.0700. The highest BCUT2D eigenvalue weighted by atomic mass is 19.3. The number of rotatable bonds is 1. The first-order chi connectivity index (χ1) is 6.51. The van der Waals surface area contributed by atoms with E-state index in [-0.39, 0.29) is 11.8 Å². The number of carboxylic acid groups (broad SMARTS) is 1. The topological polar surface area (TPSA) is 37.3 Å². The Hall–Kier alpha value is -0.930. The molecule has 14 heavy (non-hydrogen) atoms. The van der Waals surface area contributed by atoms with E-state index < -0.39 is 23.7 Å². The van der Waals surface area contributed by atoms with Crippen molar-refractivity contribution in [2.45, 2.75) is 18.8 Å². The van der Waals surface area contributed by atoms with Gasteiger partial charge >= 0.3 is 5.97 Å². The Morgan fingerprint density at radius 1 is 1.57 bits per heavy atom. The molecule has 0 saturated heterocycles. The molecular formula is C10H10F2O2. The molecule has 76 valence electrons. The second-order valence-corrected chi connectivity index (χ2v) is 4.57. The summed E-state index contributed by atoms with van der Waals surface area (Å²) < 4.78 is 25.9. The van der Waals surface area contributed by atoms with Gasteiger partial charge in [-0.15, -0.1) is 0 Å². The summed E-state index contributed by atoms with van der Waals surface area (Å²) in [6.45, 7) is 0. The Bertz CT molecular complexity index is 348. The third kappa shape index (κ3) is 0.817. The normalized spacial score (nSPS) is 49.4. The molecule has 4 atom stereocenters. The van der Waals surface area contributed by atoms with Gasteiger partial charge in [-0.1, -0.05) is 5.57 Å². The number of allylic oxidation sites excluding steroid dienone is 1. The molecule has 0 spiro atoms. The van der Waals surface area contributed by atoms with Crippen molar-refractivity contribution in [2.24, 2.45) is 23.7 Å². The van der Waals surface area contributed by atoms with Crippen LogP contribution in [-0.2, 0) is 4.79 Å². The summed E-state index contributed by atoms with van der Waals surface area (Å²) in [6.07, 6.45) is 2.28. The summed E-state index contributed by atoms with van der Waals surface area (Å²) in [5.74, 6) is -4.04. The molecular weight excluding hydrogens is 190 g/mol. The van der Waals surface area contributed by atoms with Crippen molar-refractivity contribution in [3.05, 3.63) is 11.6 Å². The standard InChI is InChI=1S/C10H10F2O2/c11-10(12)7-3-5-4(2-8(13)14)1-6(5)9(7)10/h2,5-7,9H,1,3H2,(H,13,14)/t5-,6+,7?,9?/m0/s1. The quantitative estimate of drug-likeness (QED) is 0.656. The van der Waals surface area contributed by atoms with Gasteiger partial charge in [0.15, 0.2) is 0 Å². The highest BCUT2D eigenvalue weighted by molar-refractivity contribution is 5.81. The van der Waals surface area contributed by atoms with Crippen molar-refractivity contribution in [1.82, 2.24) is 0 Å². The fraction of sp³-hybridized carbons (Fsp3) is 0.700. The van der Waals surface area contributed by atoms with Crippen molar-refractivity contribution >= 4 is 5.97 Å². The molecule has 0 bridgehead atoms. The van der Waals surface area contributed by atoms with Crippen LogP contribution in [0.2, 0.25) is 0 Å².